The minimum Gasteiger partial charge on any atom is -0.338 e. The van der Waals surface area contributed by atoms with Crippen molar-refractivity contribution in [2.24, 2.45) is 5.92 Å². The largest absolute Gasteiger partial charge is 0.338 e. The van der Waals surface area contributed by atoms with Crippen molar-refractivity contribution in [1.29, 1.82) is 0 Å². The van der Waals surface area contributed by atoms with Crippen molar-refractivity contribution in [2.75, 3.05) is 13.1 Å². The summed E-state index contributed by atoms with van der Waals surface area (Å²) in [7, 11) is 0. The van der Waals surface area contributed by atoms with Crippen molar-refractivity contribution in [3.05, 3.63) is 35.4 Å². The van der Waals surface area contributed by atoms with Crippen LogP contribution < -0.4 is 0 Å². The molecule has 1 fully saturated rings. The van der Waals surface area contributed by atoms with E-state index < -0.39 is 12.3 Å². The van der Waals surface area contributed by atoms with Gasteiger partial charge < -0.3 is 4.90 Å². The Morgan fingerprint density at radius 3 is 2.56 bits per heavy atom. The highest BCUT2D eigenvalue weighted by molar-refractivity contribution is 5.96. The highest BCUT2D eigenvalue weighted by atomic mass is 19.3. The second kappa shape index (κ2) is 4.20. The molecule has 86 valence electrons. The molecule has 0 bridgehead atoms. The first-order valence-corrected chi connectivity index (χ1v) is 5.22. The monoisotopic (exact) mass is 225 g/mol. The lowest BCUT2D eigenvalue weighted by Gasteiger charge is -2.38. The number of nitrogens with zero attached hydrogens (tertiary/aromatic N) is 1. The predicted octanol–water partition coefficient (Wildman–Crippen LogP) is 2.33. The van der Waals surface area contributed by atoms with E-state index in [1.165, 1.54) is 4.90 Å². The van der Waals surface area contributed by atoms with Gasteiger partial charge in [0.25, 0.3) is 5.91 Å². The third-order valence-electron chi connectivity index (χ3n) is 2.93. The zero-order valence-electron chi connectivity index (χ0n) is 8.99. The van der Waals surface area contributed by atoms with E-state index >= 15 is 0 Å². The van der Waals surface area contributed by atoms with Crippen LogP contribution in [0.3, 0.4) is 0 Å². The molecule has 0 unspecified atom stereocenters. The summed E-state index contributed by atoms with van der Waals surface area (Å²) in [6, 6.07) is 7.21. The van der Waals surface area contributed by atoms with E-state index in [1.807, 2.05) is 19.1 Å². The summed E-state index contributed by atoms with van der Waals surface area (Å²) in [6.07, 6.45) is -2.32. The first kappa shape index (κ1) is 11.0. The molecule has 1 aromatic rings. The molecule has 0 N–H and O–H groups in total. The summed E-state index contributed by atoms with van der Waals surface area (Å²) in [4.78, 5) is 13.4. The van der Waals surface area contributed by atoms with Crippen LogP contribution in [0.1, 0.15) is 15.9 Å². The normalized spacial score (nSPS) is 16.4. The molecule has 1 amide bonds. The third-order valence-corrected chi connectivity index (χ3v) is 2.93. The lowest BCUT2D eigenvalue weighted by Crippen LogP contribution is -2.52. The van der Waals surface area contributed by atoms with Gasteiger partial charge >= 0.3 is 0 Å². The van der Waals surface area contributed by atoms with Gasteiger partial charge in [0.2, 0.25) is 6.43 Å². The van der Waals surface area contributed by atoms with Crippen molar-refractivity contribution in [1.82, 2.24) is 4.90 Å². The number of likely N-dealkylation sites (tertiary alicyclic amines) is 1. The number of hydrogen-bond donors (Lipinski definition) is 0. The number of amides is 1. The molecule has 1 aliphatic rings. The van der Waals surface area contributed by atoms with Crippen molar-refractivity contribution in [2.45, 2.75) is 13.3 Å². The Labute approximate surface area is 92.9 Å². The number of aryl methyl sites for hydroxylation is 1. The molecule has 4 heteroatoms. The van der Waals surface area contributed by atoms with E-state index in [9.17, 15) is 13.6 Å². The Bertz CT molecular complexity index is 400. The molecule has 0 radical (unpaired) electrons. The topological polar surface area (TPSA) is 20.3 Å². The van der Waals surface area contributed by atoms with Gasteiger partial charge in [-0.15, -0.1) is 0 Å². The predicted molar refractivity (Wildman–Crippen MR) is 56.6 cm³/mol. The van der Waals surface area contributed by atoms with E-state index in [4.69, 9.17) is 0 Å². The van der Waals surface area contributed by atoms with Crippen LogP contribution in [0.25, 0.3) is 0 Å². The first-order valence-electron chi connectivity index (χ1n) is 5.22. The molecule has 1 heterocycles. The van der Waals surface area contributed by atoms with Gasteiger partial charge in [-0.25, -0.2) is 8.78 Å². The Kier molecular flexibility index (Phi) is 2.90. The lowest BCUT2D eigenvalue weighted by atomic mass is 9.98. The van der Waals surface area contributed by atoms with E-state index in [1.54, 1.807) is 12.1 Å². The number of benzene rings is 1. The molecule has 0 aliphatic carbocycles. The Hall–Kier alpha value is -1.45. The van der Waals surface area contributed by atoms with Crippen LogP contribution in [0, 0.1) is 12.8 Å². The molecule has 2 rings (SSSR count). The maximum Gasteiger partial charge on any atom is 0.254 e. The molecule has 1 saturated heterocycles. The van der Waals surface area contributed by atoms with Gasteiger partial charge in [-0.3, -0.25) is 4.79 Å². The SMILES string of the molecule is Cc1ccccc1C(=O)N1CC(C(F)F)C1. The van der Waals surface area contributed by atoms with Crippen LogP contribution in [0.5, 0.6) is 0 Å². The number of hydrogen-bond acceptors (Lipinski definition) is 1. The molecule has 16 heavy (non-hydrogen) atoms. The number of carbonyl (C=O) groups is 1. The second-order valence-corrected chi connectivity index (χ2v) is 4.12. The van der Waals surface area contributed by atoms with Crippen LogP contribution in [0.15, 0.2) is 24.3 Å². The molecule has 0 spiro atoms. The third kappa shape index (κ3) is 1.92. The van der Waals surface area contributed by atoms with Gasteiger partial charge in [-0.2, -0.15) is 0 Å². The zero-order chi connectivity index (χ0) is 11.7. The number of carbonyl (C=O) groups excluding carboxylic acids is 1. The summed E-state index contributed by atoms with van der Waals surface area (Å²) in [5.74, 6) is -0.789. The van der Waals surface area contributed by atoms with Gasteiger partial charge in [0.05, 0.1) is 5.92 Å². The zero-order valence-corrected chi connectivity index (χ0v) is 8.99. The molecule has 1 aliphatic heterocycles. The molecule has 0 saturated carbocycles. The van der Waals surface area contributed by atoms with E-state index in [-0.39, 0.29) is 19.0 Å². The number of alkyl halides is 2. The van der Waals surface area contributed by atoms with Crippen molar-refractivity contribution in [3.8, 4) is 0 Å². The van der Waals surface area contributed by atoms with E-state index in [0.29, 0.717) is 5.56 Å². The minimum absolute atomic E-state index is 0.144. The average molecular weight is 225 g/mol. The maximum atomic E-state index is 12.3. The minimum atomic E-state index is -2.32. The molecular formula is C12H13F2NO. The fourth-order valence-corrected chi connectivity index (χ4v) is 1.82. The van der Waals surface area contributed by atoms with Crippen LogP contribution in [-0.2, 0) is 0 Å². The fourth-order valence-electron chi connectivity index (χ4n) is 1.82. The lowest BCUT2D eigenvalue weighted by molar-refractivity contribution is -0.0152. The van der Waals surface area contributed by atoms with Gasteiger partial charge in [-0.05, 0) is 18.6 Å². The Morgan fingerprint density at radius 2 is 2.00 bits per heavy atom. The second-order valence-electron chi connectivity index (χ2n) is 4.12. The summed E-state index contributed by atoms with van der Waals surface area (Å²) < 4.78 is 24.5. The highest BCUT2D eigenvalue weighted by Crippen LogP contribution is 2.24. The quantitative estimate of drug-likeness (QED) is 0.756. The molecule has 1 aromatic carbocycles. The van der Waals surface area contributed by atoms with E-state index in [0.717, 1.165) is 5.56 Å². The van der Waals surface area contributed by atoms with Gasteiger partial charge in [0, 0.05) is 18.7 Å². The highest BCUT2D eigenvalue weighted by Gasteiger charge is 2.37. The van der Waals surface area contributed by atoms with Gasteiger partial charge in [0.1, 0.15) is 0 Å². The standard InChI is InChI=1S/C12H13F2NO/c1-8-4-2-3-5-10(8)12(16)15-6-9(7-15)11(13)14/h2-5,9,11H,6-7H2,1H3. The summed E-state index contributed by atoms with van der Waals surface area (Å²) in [5.41, 5.74) is 1.49. The fraction of sp³-hybridized carbons (Fsp3) is 0.417. The van der Waals surface area contributed by atoms with Crippen LogP contribution >= 0.6 is 0 Å². The van der Waals surface area contributed by atoms with Crippen molar-refractivity contribution >= 4 is 5.91 Å². The summed E-state index contributed by atoms with van der Waals surface area (Å²) in [6.45, 7) is 2.19. The van der Waals surface area contributed by atoms with Crippen LogP contribution in [0.2, 0.25) is 0 Å². The maximum absolute atomic E-state index is 12.3. The van der Waals surface area contributed by atoms with Gasteiger partial charge in [0.15, 0.2) is 0 Å². The summed E-state index contributed by atoms with van der Waals surface area (Å²) in [5, 5.41) is 0. The molecular weight excluding hydrogens is 212 g/mol. The Morgan fingerprint density at radius 1 is 1.38 bits per heavy atom. The number of rotatable bonds is 2. The molecule has 0 atom stereocenters. The van der Waals surface area contributed by atoms with Crippen molar-refractivity contribution < 1.29 is 13.6 Å². The molecule has 2 nitrogen and oxygen atoms in total. The first-order chi connectivity index (χ1) is 7.59. The van der Waals surface area contributed by atoms with Crippen molar-refractivity contribution in [3.63, 3.8) is 0 Å². The van der Waals surface area contributed by atoms with Gasteiger partial charge in [-0.1, -0.05) is 18.2 Å². The Balaban J connectivity index is 2.03. The number of halogens is 2. The van der Waals surface area contributed by atoms with Crippen LogP contribution in [0.4, 0.5) is 8.78 Å². The van der Waals surface area contributed by atoms with Crippen LogP contribution in [-0.4, -0.2) is 30.3 Å². The summed E-state index contributed by atoms with van der Waals surface area (Å²) >= 11 is 0. The smallest absolute Gasteiger partial charge is 0.254 e. The average Bonchev–Trinajstić information content (AvgIpc) is 2.15. The molecule has 0 aromatic heterocycles. The van der Waals surface area contributed by atoms with E-state index in [2.05, 4.69) is 0 Å².